The maximum atomic E-state index is 12.3. The highest BCUT2D eigenvalue weighted by atomic mass is 16.5. The van der Waals surface area contributed by atoms with Crippen LogP contribution in [0.4, 0.5) is 23.5 Å². The number of hydrogen-bond acceptors (Lipinski definition) is 11. The number of nitrogens with zero attached hydrogens (tertiary/aromatic N) is 3. The third-order valence-corrected chi connectivity index (χ3v) is 4.23. The first-order valence-electron chi connectivity index (χ1n) is 11.1. The van der Waals surface area contributed by atoms with E-state index in [1.165, 1.54) is 0 Å². The monoisotopic (exact) mass is 474 g/mol. The van der Waals surface area contributed by atoms with Gasteiger partial charge in [-0.2, -0.15) is 15.0 Å². The van der Waals surface area contributed by atoms with Gasteiger partial charge >= 0.3 is 0 Å². The van der Waals surface area contributed by atoms with Gasteiger partial charge in [0.05, 0.1) is 26.4 Å². The summed E-state index contributed by atoms with van der Waals surface area (Å²) >= 11 is 0. The summed E-state index contributed by atoms with van der Waals surface area (Å²) in [5.41, 5.74) is 6.56. The van der Waals surface area contributed by atoms with Crippen molar-refractivity contribution < 1.29 is 19.4 Å². The highest BCUT2D eigenvalue weighted by Gasteiger charge is 2.08. The number of benzene rings is 1. The minimum absolute atomic E-state index is 0.0713. The van der Waals surface area contributed by atoms with Gasteiger partial charge < -0.3 is 41.6 Å². The van der Waals surface area contributed by atoms with Gasteiger partial charge in [-0.1, -0.05) is 6.08 Å². The van der Waals surface area contributed by atoms with Crippen LogP contribution in [0.1, 0.15) is 16.8 Å². The number of nitrogens with two attached hydrogens (primary N) is 1. The zero-order valence-corrected chi connectivity index (χ0v) is 19.3. The third kappa shape index (κ3) is 10.5. The summed E-state index contributed by atoms with van der Waals surface area (Å²) in [6.45, 7) is 7.48. The molecule has 0 radical (unpaired) electrons. The molecular weight excluding hydrogens is 440 g/mol. The van der Waals surface area contributed by atoms with Crippen LogP contribution in [-0.2, 0) is 9.47 Å². The molecule has 0 atom stereocenters. The zero-order valence-electron chi connectivity index (χ0n) is 19.3. The predicted octanol–water partition coefficient (Wildman–Crippen LogP) is 0.729. The van der Waals surface area contributed by atoms with Crippen molar-refractivity contribution >= 4 is 29.4 Å². The molecule has 34 heavy (non-hydrogen) atoms. The van der Waals surface area contributed by atoms with Crippen LogP contribution in [0.2, 0.25) is 0 Å². The molecule has 1 heterocycles. The Morgan fingerprint density at radius 2 is 1.65 bits per heavy atom. The minimum Gasteiger partial charge on any atom is -0.396 e. The van der Waals surface area contributed by atoms with Crippen LogP contribution in [0.25, 0.3) is 0 Å². The minimum atomic E-state index is -0.194. The van der Waals surface area contributed by atoms with Crippen molar-refractivity contribution in [3.05, 3.63) is 42.5 Å². The normalized spacial score (nSPS) is 10.5. The molecule has 1 aromatic carbocycles. The Kier molecular flexibility index (Phi) is 12.9. The standard InChI is InChI=1S/C22H34N8O4/c1-2-9-25-20-28-21(26-10-3-12-31)30-22(29-20)27-18-6-4-17(5-7-18)19(32)24-11-14-34-16-15-33-13-8-23/h2,4-7,31H,1,3,8-16,23H2,(H,24,32)(H3,25,26,27,28,29,30). The van der Waals surface area contributed by atoms with Gasteiger partial charge in [0.15, 0.2) is 0 Å². The first-order chi connectivity index (χ1) is 16.7. The number of aliphatic hydroxyl groups is 1. The quantitative estimate of drug-likeness (QED) is 0.133. The molecule has 0 bridgehead atoms. The van der Waals surface area contributed by atoms with E-state index >= 15 is 0 Å². The Labute approximate surface area is 199 Å². The van der Waals surface area contributed by atoms with Gasteiger partial charge in [0.25, 0.3) is 5.91 Å². The number of aromatic nitrogens is 3. The molecule has 1 amide bonds. The molecule has 0 unspecified atom stereocenters. The molecule has 0 fully saturated rings. The van der Waals surface area contributed by atoms with Crippen molar-refractivity contribution in [2.24, 2.45) is 5.73 Å². The number of carbonyl (C=O) groups excluding carboxylic acids is 1. The topological polar surface area (TPSA) is 169 Å². The molecule has 7 N–H and O–H groups in total. The molecule has 12 nitrogen and oxygen atoms in total. The molecule has 0 saturated heterocycles. The van der Waals surface area contributed by atoms with E-state index in [-0.39, 0.29) is 12.5 Å². The number of hydrogen-bond donors (Lipinski definition) is 6. The molecule has 0 aliphatic rings. The number of aliphatic hydroxyl groups excluding tert-OH is 1. The summed E-state index contributed by atoms with van der Waals surface area (Å²) in [6, 6.07) is 6.94. The van der Waals surface area contributed by atoms with Crippen LogP contribution >= 0.6 is 0 Å². The lowest BCUT2D eigenvalue weighted by Gasteiger charge is -2.11. The molecule has 0 saturated carbocycles. The van der Waals surface area contributed by atoms with Crippen LogP contribution in [-0.4, -0.2) is 85.2 Å². The maximum absolute atomic E-state index is 12.3. The number of carbonyl (C=O) groups is 1. The fourth-order valence-electron chi connectivity index (χ4n) is 2.61. The Hall–Kier alpha value is -3.32. The smallest absolute Gasteiger partial charge is 0.251 e. The summed E-state index contributed by atoms with van der Waals surface area (Å²) in [5.74, 6) is 0.897. The zero-order chi connectivity index (χ0) is 24.4. The third-order valence-electron chi connectivity index (χ3n) is 4.23. The average molecular weight is 475 g/mol. The summed E-state index contributed by atoms with van der Waals surface area (Å²) in [5, 5.41) is 21.0. The molecule has 186 valence electrons. The Balaban J connectivity index is 1.87. The molecule has 0 aliphatic carbocycles. The molecule has 12 heteroatoms. The van der Waals surface area contributed by atoms with Gasteiger partial charge in [0.2, 0.25) is 17.8 Å². The molecular formula is C22H34N8O4. The Morgan fingerprint density at radius 3 is 2.32 bits per heavy atom. The number of anilines is 4. The first kappa shape index (κ1) is 26.9. The fourth-order valence-corrected chi connectivity index (χ4v) is 2.61. The number of amides is 1. The molecule has 0 spiro atoms. The lowest BCUT2D eigenvalue weighted by atomic mass is 10.2. The Morgan fingerprint density at radius 1 is 0.971 bits per heavy atom. The van der Waals surface area contributed by atoms with Crippen molar-refractivity contribution in [3.63, 3.8) is 0 Å². The van der Waals surface area contributed by atoms with Crippen LogP contribution < -0.4 is 27.0 Å². The summed E-state index contributed by atoms with van der Waals surface area (Å²) in [4.78, 5) is 25.3. The molecule has 2 aromatic rings. The second-order valence-corrected chi connectivity index (χ2v) is 6.95. The second kappa shape index (κ2) is 16.3. The average Bonchev–Trinajstić information content (AvgIpc) is 2.85. The molecule has 1 aromatic heterocycles. The van der Waals surface area contributed by atoms with Crippen molar-refractivity contribution in [1.82, 2.24) is 20.3 Å². The van der Waals surface area contributed by atoms with Gasteiger partial charge in [-0.05, 0) is 30.7 Å². The maximum Gasteiger partial charge on any atom is 0.251 e. The van der Waals surface area contributed by atoms with Gasteiger partial charge in [-0.3, -0.25) is 4.79 Å². The summed E-state index contributed by atoms with van der Waals surface area (Å²) < 4.78 is 10.6. The summed E-state index contributed by atoms with van der Waals surface area (Å²) in [7, 11) is 0. The molecule has 2 rings (SSSR count). The van der Waals surface area contributed by atoms with E-state index < -0.39 is 0 Å². The van der Waals surface area contributed by atoms with E-state index in [9.17, 15) is 4.79 Å². The lowest BCUT2D eigenvalue weighted by molar-refractivity contribution is 0.0511. The van der Waals surface area contributed by atoms with Gasteiger partial charge in [0, 0.05) is 44.0 Å². The second-order valence-electron chi connectivity index (χ2n) is 6.95. The Bertz CT molecular complexity index is 866. The van der Waals surface area contributed by atoms with Gasteiger partial charge in [-0.25, -0.2) is 0 Å². The van der Waals surface area contributed by atoms with Crippen LogP contribution in [0.5, 0.6) is 0 Å². The largest absolute Gasteiger partial charge is 0.396 e. The van der Waals surface area contributed by atoms with Crippen LogP contribution in [0.15, 0.2) is 36.9 Å². The van der Waals surface area contributed by atoms with E-state index in [4.69, 9.17) is 20.3 Å². The van der Waals surface area contributed by atoms with E-state index in [2.05, 4.69) is 42.8 Å². The van der Waals surface area contributed by atoms with Crippen LogP contribution in [0.3, 0.4) is 0 Å². The summed E-state index contributed by atoms with van der Waals surface area (Å²) in [6.07, 6.45) is 2.27. The lowest BCUT2D eigenvalue weighted by Crippen LogP contribution is -2.27. The van der Waals surface area contributed by atoms with E-state index in [1.54, 1.807) is 30.3 Å². The van der Waals surface area contributed by atoms with Crippen LogP contribution in [0, 0.1) is 0 Å². The first-order valence-corrected chi connectivity index (χ1v) is 11.1. The SMILES string of the molecule is C=CCNc1nc(NCCCO)nc(Nc2ccc(C(=O)NCCOCCOCCN)cc2)n1. The number of nitrogens with one attached hydrogen (secondary N) is 4. The van der Waals surface area contributed by atoms with Gasteiger partial charge in [0.1, 0.15) is 0 Å². The van der Waals surface area contributed by atoms with Crippen molar-refractivity contribution in [1.29, 1.82) is 0 Å². The van der Waals surface area contributed by atoms with Crippen molar-refractivity contribution in [2.75, 3.05) is 75.2 Å². The van der Waals surface area contributed by atoms with Crippen molar-refractivity contribution in [2.45, 2.75) is 6.42 Å². The fraction of sp³-hybridized carbons (Fsp3) is 0.455. The highest BCUT2D eigenvalue weighted by molar-refractivity contribution is 5.94. The van der Waals surface area contributed by atoms with Gasteiger partial charge in [-0.15, -0.1) is 6.58 Å². The number of ether oxygens (including phenoxy) is 2. The number of rotatable bonds is 18. The van der Waals surface area contributed by atoms with E-state index in [0.717, 1.165) is 0 Å². The van der Waals surface area contributed by atoms with E-state index in [1.807, 2.05) is 0 Å². The predicted molar refractivity (Wildman–Crippen MR) is 131 cm³/mol. The molecule has 0 aliphatic heterocycles. The van der Waals surface area contributed by atoms with E-state index in [0.29, 0.717) is 88.1 Å². The highest BCUT2D eigenvalue weighted by Crippen LogP contribution is 2.17. The van der Waals surface area contributed by atoms with Crippen molar-refractivity contribution in [3.8, 4) is 0 Å².